The minimum atomic E-state index is -0.0111. The summed E-state index contributed by atoms with van der Waals surface area (Å²) in [5.41, 5.74) is 0. The smallest absolute Gasteiger partial charge is 0.223 e. The summed E-state index contributed by atoms with van der Waals surface area (Å²) in [4.78, 5) is 12.1. The van der Waals surface area contributed by atoms with Gasteiger partial charge in [-0.25, -0.2) is 0 Å². The summed E-state index contributed by atoms with van der Waals surface area (Å²) in [6.07, 6.45) is 3.81. The number of aliphatic hydroxyl groups excluding tert-OH is 1. The molecule has 0 saturated heterocycles. The molecule has 1 amide bonds. The number of para-hydroxylation sites is 1. The molecular formula is C17H22ClNO3. The highest BCUT2D eigenvalue weighted by Gasteiger charge is 2.47. The maximum Gasteiger partial charge on any atom is 0.223 e. The molecule has 0 radical (unpaired) electrons. The third kappa shape index (κ3) is 3.23. The van der Waals surface area contributed by atoms with Crippen LogP contribution in [0.3, 0.4) is 0 Å². The monoisotopic (exact) mass is 323 g/mol. The van der Waals surface area contributed by atoms with E-state index in [2.05, 4.69) is 5.32 Å². The zero-order valence-electron chi connectivity index (χ0n) is 12.5. The van der Waals surface area contributed by atoms with E-state index in [1.54, 1.807) is 12.1 Å². The second-order valence-corrected chi connectivity index (χ2v) is 6.71. The van der Waals surface area contributed by atoms with Crippen molar-refractivity contribution in [3.63, 3.8) is 0 Å². The van der Waals surface area contributed by atoms with Gasteiger partial charge in [-0.15, -0.1) is 0 Å². The average molecular weight is 324 g/mol. The number of rotatable bonds is 6. The summed E-state index contributed by atoms with van der Waals surface area (Å²) in [5.74, 6) is 1.94. The highest BCUT2D eigenvalue weighted by molar-refractivity contribution is 6.32. The van der Waals surface area contributed by atoms with Gasteiger partial charge < -0.3 is 15.2 Å². The van der Waals surface area contributed by atoms with E-state index in [0.717, 1.165) is 6.42 Å². The first-order chi connectivity index (χ1) is 10.7. The van der Waals surface area contributed by atoms with Gasteiger partial charge in [-0.2, -0.15) is 0 Å². The van der Waals surface area contributed by atoms with E-state index >= 15 is 0 Å². The molecule has 2 aliphatic rings. The first kappa shape index (κ1) is 15.6. The maximum atomic E-state index is 12.1. The molecule has 3 rings (SSSR count). The lowest BCUT2D eigenvalue weighted by Gasteiger charge is -2.30. The number of fused-ring (bicyclic) bond motifs is 2. The van der Waals surface area contributed by atoms with Gasteiger partial charge in [-0.1, -0.05) is 23.7 Å². The van der Waals surface area contributed by atoms with E-state index in [0.29, 0.717) is 35.6 Å². The lowest BCUT2D eigenvalue weighted by molar-refractivity contribution is -0.123. The molecule has 4 nitrogen and oxygen atoms in total. The fourth-order valence-corrected chi connectivity index (χ4v) is 4.16. The van der Waals surface area contributed by atoms with Crippen molar-refractivity contribution in [3.05, 3.63) is 29.3 Å². The SMILES string of the molecule is O=C(CCOc1ccccc1Cl)NC1C2CCC(C2)C1CO. The Balaban J connectivity index is 1.46. The molecule has 120 valence electrons. The topological polar surface area (TPSA) is 58.6 Å². The van der Waals surface area contributed by atoms with Crippen LogP contribution in [0.5, 0.6) is 5.75 Å². The molecule has 4 atom stereocenters. The molecule has 4 unspecified atom stereocenters. The second kappa shape index (κ2) is 6.88. The number of hydrogen-bond donors (Lipinski definition) is 2. The molecule has 1 aromatic carbocycles. The summed E-state index contributed by atoms with van der Waals surface area (Å²) >= 11 is 6.00. The van der Waals surface area contributed by atoms with Crippen molar-refractivity contribution in [2.45, 2.75) is 31.7 Å². The fourth-order valence-electron chi connectivity index (χ4n) is 3.97. The number of halogens is 1. The van der Waals surface area contributed by atoms with Gasteiger partial charge in [0.25, 0.3) is 0 Å². The highest BCUT2D eigenvalue weighted by atomic mass is 35.5. The molecule has 2 aliphatic carbocycles. The van der Waals surface area contributed by atoms with Crippen LogP contribution in [-0.4, -0.2) is 30.3 Å². The van der Waals surface area contributed by atoms with Crippen LogP contribution in [0.25, 0.3) is 0 Å². The molecule has 0 aromatic heterocycles. The molecule has 22 heavy (non-hydrogen) atoms. The average Bonchev–Trinajstić information content (AvgIpc) is 3.10. The van der Waals surface area contributed by atoms with Gasteiger partial charge in [0.1, 0.15) is 5.75 Å². The van der Waals surface area contributed by atoms with E-state index in [4.69, 9.17) is 16.3 Å². The zero-order valence-corrected chi connectivity index (χ0v) is 13.3. The van der Waals surface area contributed by atoms with Crippen molar-refractivity contribution >= 4 is 17.5 Å². The van der Waals surface area contributed by atoms with Gasteiger partial charge in [0.15, 0.2) is 0 Å². The van der Waals surface area contributed by atoms with Crippen molar-refractivity contribution in [2.24, 2.45) is 17.8 Å². The van der Waals surface area contributed by atoms with E-state index in [1.807, 2.05) is 12.1 Å². The van der Waals surface area contributed by atoms with Crippen LogP contribution in [0.15, 0.2) is 24.3 Å². The molecule has 1 aromatic rings. The van der Waals surface area contributed by atoms with E-state index in [-0.39, 0.29) is 24.5 Å². The predicted octanol–water partition coefficient (Wildman–Crippen LogP) is 2.63. The standard InChI is InChI=1S/C17H22ClNO3/c18-14-3-1-2-4-15(14)22-8-7-16(21)19-17-12-6-5-11(9-12)13(17)10-20/h1-4,11-13,17,20H,5-10H2,(H,19,21). The Morgan fingerprint density at radius 1 is 1.32 bits per heavy atom. The molecule has 0 heterocycles. The van der Waals surface area contributed by atoms with Crippen LogP contribution >= 0.6 is 11.6 Å². The predicted molar refractivity (Wildman–Crippen MR) is 84.9 cm³/mol. The summed E-state index contributed by atoms with van der Waals surface area (Å²) in [6, 6.07) is 7.38. The number of nitrogens with one attached hydrogen (secondary N) is 1. The fraction of sp³-hybridized carbons (Fsp3) is 0.588. The van der Waals surface area contributed by atoms with Gasteiger partial charge in [0, 0.05) is 18.6 Å². The molecule has 0 spiro atoms. The van der Waals surface area contributed by atoms with Crippen LogP contribution < -0.4 is 10.1 Å². The van der Waals surface area contributed by atoms with E-state index < -0.39 is 0 Å². The number of aliphatic hydroxyl groups is 1. The number of hydrogen-bond acceptors (Lipinski definition) is 3. The Morgan fingerprint density at radius 2 is 2.09 bits per heavy atom. The molecule has 2 saturated carbocycles. The molecule has 2 N–H and O–H groups in total. The zero-order chi connectivity index (χ0) is 15.5. The van der Waals surface area contributed by atoms with Crippen LogP contribution in [0.4, 0.5) is 0 Å². The van der Waals surface area contributed by atoms with Crippen molar-refractivity contribution < 1.29 is 14.6 Å². The Bertz CT molecular complexity index is 536. The number of carbonyl (C=O) groups is 1. The largest absolute Gasteiger partial charge is 0.491 e. The van der Waals surface area contributed by atoms with Crippen molar-refractivity contribution in [1.29, 1.82) is 0 Å². The number of benzene rings is 1. The maximum absolute atomic E-state index is 12.1. The van der Waals surface area contributed by atoms with E-state index in [1.165, 1.54) is 12.8 Å². The van der Waals surface area contributed by atoms with Crippen molar-refractivity contribution in [3.8, 4) is 5.75 Å². The Hall–Kier alpha value is -1.26. The number of ether oxygens (including phenoxy) is 1. The third-order valence-electron chi connectivity index (χ3n) is 5.05. The van der Waals surface area contributed by atoms with Crippen LogP contribution in [0.1, 0.15) is 25.7 Å². The van der Waals surface area contributed by atoms with Crippen LogP contribution in [-0.2, 0) is 4.79 Å². The number of amides is 1. The Morgan fingerprint density at radius 3 is 2.86 bits per heavy atom. The molecule has 2 fully saturated rings. The summed E-state index contributed by atoms with van der Waals surface area (Å²) in [5, 5.41) is 13.2. The molecule has 2 bridgehead atoms. The van der Waals surface area contributed by atoms with Crippen molar-refractivity contribution in [2.75, 3.05) is 13.2 Å². The van der Waals surface area contributed by atoms with Gasteiger partial charge >= 0.3 is 0 Å². The van der Waals surface area contributed by atoms with E-state index in [9.17, 15) is 9.90 Å². The van der Waals surface area contributed by atoms with Crippen LogP contribution in [0.2, 0.25) is 5.02 Å². The Kier molecular flexibility index (Phi) is 4.89. The van der Waals surface area contributed by atoms with Gasteiger partial charge in [-0.3, -0.25) is 4.79 Å². The first-order valence-electron chi connectivity index (χ1n) is 7.96. The third-order valence-corrected chi connectivity index (χ3v) is 5.36. The second-order valence-electron chi connectivity index (χ2n) is 6.30. The molecular weight excluding hydrogens is 302 g/mol. The minimum Gasteiger partial charge on any atom is -0.491 e. The Labute approximate surface area is 135 Å². The lowest BCUT2D eigenvalue weighted by atomic mass is 9.85. The first-order valence-corrected chi connectivity index (χ1v) is 8.34. The minimum absolute atomic E-state index is 0.0111. The van der Waals surface area contributed by atoms with Gasteiger partial charge in [0.2, 0.25) is 5.91 Å². The normalized spacial score (nSPS) is 29.5. The quantitative estimate of drug-likeness (QED) is 0.846. The molecule has 5 heteroatoms. The summed E-state index contributed by atoms with van der Waals surface area (Å²) in [6.45, 7) is 0.475. The number of carbonyl (C=O) groups excluding carboxylic acids is 1. The lowest BCUT2D eigenvalue weighted by Crippen LogP contribution is -2.45. The van der Waals surface area contributed by atoms with Crippen molar-refractivity contribution in [1.82, 2.24) is 5.32 Å². The van der Waals surface area contributed by atoms with Gasteiger partial charge in [-0.05, 0) is 43.2 Å². The van der Waals surface area contributed by atoms with Crippen LogP contribution in [0, 0.1) is 17.8 Å². The molecule has 0 aliphatic heterocycles. The van der Waals surface area contributed by atoms with Gasteiger partial charge in [0.05, 0.1) is 18.1 Å². The highest BCUT2D eigenvalue weighted by Crippen LogP contribution is 2.48. The summed E-state index contributed by atoms with van der Waals surface area (Å²) in [7, 11) is 0. The summed E-state index contributed by atoms with van der Waals surface area (Å²) < 4.78 is 5.54.